The molecule has 164 valence electrons. The predicted molar refractivity (Wildman–Crippen MR) is 121 cm³/mol. The molecular weight excluding hydrogens is 388 g/mol. The van der Waals surface area contributed by atoms with E-state index in [2.05, 4.69) is 57.5 Å². The number of aromatic nitrogens is 5. The first-order chi connectivity index (χ1) is 15.1. The van der Waals surface area contributed by atoms with Crippen molar-refractivity contribution in [2.24, 2.45) is 0 Å². The van der Waals surface area contributed by atoms with Crippen LogP contribution in [0.2, 0.25) is 0 Å². The van der Waals surface area contributed by atoms with Gasteiger partial charge in [0.25, 0.3) is 5.56 Å². The van der Waals surface area contributed by atoms with E-state index in [-0.39, 0.29) is 11.6 Å². The number of piperidine rings is 1. The summed E-state index contributed by atoms with van der Waals surface area (Å²) < 4.78 is 2.03. The summed E-state index contributed by atoms with van der Waals surface area (Å²) in [6.45, 7) is 6.10. The minimum absolute atomic E-state index is 0.0359. The van der Waals surface area contributed by atoms with Crippen molar-refractivity contribution in [2.45, 2.75) is 77.3 Å². The van der Waals surface area contributed by atoms with Crippen molar-refractivity contribution >= 4 is 10.9 Å². The van der Waals surface area contributed by atoms with E-state index in [9.17, 15) is 4.79 Å². The standard InChI is InChI=1S/C24H32N6O/c1-16-13-17(2)19-15-20(24(31)25-21(19)14-16)22(29-11-7-4-8-12-29)23-26-27-28-30(23)18-9-5-3-6-10-18/h13-15,18,22H,3-12H2,1-2H3,(H,25,31)/t22-/m0/s1. The second kappa shape index (κ2) is 8.54. The smallest absolute Gasteiger partial charge is 0.253 e. The van der Waals surface area contributed by atoms with Crippen LogP contribution in [-0.4, -0.2) is 43.2 Å². The van der Waals surface area contributed by atoms with E-state index in [1.54, 1.807) is 0 Å². The van der Waals surface area contributed by atoms with Crippen LogP contribution in [0.25, 0.3) is 10.9 Å². The van der Waals surface area contributed by atoms with E-state index < -0.39 is 0 Å². The van der Waals surface area contributed by atoms with Crippen LogP contribution in [0, 0.1) is 13.8 Å². The topological polar surface area (TPSA) is 79.7 Å². The Morgan fingerprint density at radius 3 is 2.52 bits per heavy atom. The summed E-state index contributed by atoms with van der Waals surface area (Å²) in [4.78, 5) is 18.9. The van der Waals surface area contributed by atoms with Crippen LogP contribution in [-0.2, 0) is 0 Å². The number of aryl methyl sites for hydroxylation is 2. The average Bonchev–Trinajstić information content (AvgIpc) is 3.25. The quantitative estimate of drug-likeness (QED) is 0.684. The summed E-state index contributed by atoms with van der Waals surface area (Å²) in [7, 11) is 0. The number of nitrogens with one attached hydrogen (secondary N) is 1. The molecule has 7 nitrogen and oxygen atoms in total. The highest BCUT2D eigenvalue weighted by atomic mass is 16.1. The van der Waals surface area contributed by atoms with Gasteiger partial charge in [0, 0.05) is 16.5 Å². The van der Waals surface area contributed by atoms with Crippen LogP contribution < -0.4 is 5.56 Å². The van der Waals surface area contributed by atoms with Crippen LogP contribution in [0.3, 0.4) is 0 Å². The largest absolute Gasteiger partial charge is 0.322 e. The maximum atomic E-state index is 13.4. The van der Waals surface area contributed by atoms with Gasteiger partial charge >= 0.3 is 0 Å². The lowest BCUT2D eigenvalue weighted by atomic mass is 9.94. The van der Waals surface area contributed by atoms with Crippen molar-refractivity contribution in [3.8, 4) is 0 Å². The first-order valence-electron chi connectivity index (χ1n) is 11.8. The van der Waals surface area contributed by atoms with E-state index in [1.165, 1.54) is 31.2 Å². The van der Waals surface area contributed by atoms with Crippen LogP contribution in [0.15, 0.2) is 23.0 Å². The van der Waals surface area contributed by atoms with Gasteiger partial charge < -0.3 is 4.98 Å². The summed E-state index contributed by atoms with van der Waals surface area (Å²) in [5.74, 6) is 0.823. The lowest BCUT2D eigenvalue weighted by Gasteiger charge is -2.34. The maximum Gasteiger partial charge on any atom is 0.253 e. The Hall–Kier alpha value is -2.54. The lowest BCUT2D eigenvalue weighted by Crippen LogP contribution is -2.39. The Balaban J connectivity index is 1.65. The van der Waals surface area contributed by atoms with E-state index >= 15 is 0 Å². The third kappa shape index (κ3) is 3.91. The van der Waals surface area contributed by atoms with Gasteiger partial charge in [-0.15, -0.1) is 5.10 Å². The zero-order valence-electron chi connectivity index (χ0n) is 18.6. The van der Waals surface area contributed by atoms with Crippen LogP contribution >= 0.6 is 0 Å². The fourth-order valence-corrected chi connectivity index (χ4v) is 5.53. The number of nitrogens with zero attached hydrogens (tertiary/aromatic N) is 5. The molecule has 2 aromatic heterocycles. The number of benzene rings is 1. The van der Waals surface area contributed by atoms with Gasteiger partial charge in [-0.3, -0.25) is 9.69 Å². The summed E-state index contributed by atoms with van der Waals surface area (Å²) in [5, 5.41) is 14.1. The molecule has 0 spiro atoms. The molecule has 1 aromatic carbocycles. The Kier molecular flexibility index (Phi) is 5.61. The molecule has 1 atom stereocenters. The maximum absolute atomic E-state index is 13.4. The van der Waals surface area contributed by atoms with Crippen molar-refractivity contribution in [3.63, 3.8) is 0 Å². The molecule has 1 N–H and O–H groups in total. The Labute approximate surface area is 182 Å². The van der Waals surface area contributed by atoms with Gasteiger partial charge in [-0.1, -0.05) is 31.7 Å². The molecule has 1 saturated heterocycles. The Bertz CT molecular complexity index is 1120. The van der Waals surface area contributed by atoms with Crippen LogP contribution in [0.1, 0.15) is 86.0 Å². The fourth-order valence-electron chi connectivity index (χ4n) is 5.53. The van der Waals surface area contributed by atoms with Gasteiger partial charge in [0.1, 0.15) is 6.04 Å². The van der Waals surface area contributed by atoms with Crippen molar-refractivity contribution in [2.75, 3.05) is 13.1 Å². The van der Waals surface area contributed by atoms with E-state index in [4.69, 9.17) is 0 Å². The highest BCUT2D eigenvalue weighted by Gasteiger charge is 2.33. The normalized spacial score (nSPS) is 19.7. The van der Waals surface area contributed by atoms with Gasteiger partial charge in [-0.25, -0.2) is 4.68 Å². The molecule has 0 radical (unpaired) electrons. The monoisotopic (exact) mass is 420 g/mol. The molecule has 5 rings (SSSR count). The van der Waals surface area contributed by atoms with Crippen molar-refractivity contribution in [1.82, 2.24) is 30.1 Å². The molecule has 2 aliphatic rings. The fraction of sp³-hybridized carbons (Fsp3) is 0.583. The minimum Gasteiger partial charge on any atom is -0.322 e. The number of aromatic amines is 1. The predicted octanol–water partition coefficient (Wildman–Crippen LogP) is 4.21. The number of pyridine rings is 1. The molecule has 1 aliphatic carbocycles. The molecule has 31 heavy (non-hydrogen) atoms. The number of hydrogen-bond acceptors (Lipinski definition) is 5. The third-order valence-corrected chi connectivity index (χ3v) is 7.08. The summed E-state index contributed by atoms with van der Waals surface area (Å²) in [5.41, 5.74) is 3.95. The SMILES string of the molecule is Cc1cc(C)c2cc([C@@H](c3nnnn3C3CCCCC3)N3CCCCC3)c(=O)[nH]c2c1. The molecule has 0 bridgehead atoms. The van der Waals surface area contributed by atoms with Crippen molar-refractivity contribution in [1.29, 1.82) is 0 Å². The number of rotatable bonds is 4. The number of hydrogen-bond donors (Lipinski definition) is 1. The molecule has 2 fully saturated rings. The van der Waals surface area contributed by atoms with Gasteiger partial charge in [0.15, 0.2) is 5.82 Å². The number of tetrazole rings is 1. The Morgan fingerprint density at radius 1 is 1.00 bits per heavy atom. The van der Waals surface area contributed by atoms with Gasteiger partial charge in [0.2, 0.25) is 0 Å². The molecule has 3 aromatic rings. The average molecular weight is 421 g/mol. The number of likely N-dealkylation sites (tertiary alicyclic amines) is 1. The molecular formula is C24H32N6O. The number of fused-ring (bicyclic) bond motifs is 1. The van der Waals surface area contributed by atoms with E-state index in [1.807, 2.05) is 4.68 Å². The molecule has 0 unspecified atom stereocenters. The highest BCUT2D eigenvalue weighted by Crippen LogP contribution is 2.34. The van der Waals surface area contributed by atoms with Gasteiger partial charge in [0.05, 0.1) is 6.04 Å². The summed E-state index contributed by atoms with van der Waals surface area (Å²) in [6.07, 6.45) is 9.46. The van der Waals surface area contributed by atoms with Gasteiger partial charge in [-0.05, 0) is 86.3 Å². The second-order valence-electron chi connectivity index (χ2n) is 9.37. The molecule has 3 heterocycles. The molecule has 1 aliphatic heterocycles. The third-order valence-electron chi connectivity index (χ3n) is 7.08. The summed E-state index contributed by atoms with van der Waals surface area (Å²) in [6, 6.07) is 6.42. The summed E-state index contributed by atoms with van der Waals surface area (Å²) >= 11 is 0. The zero-order chi connectivity index (χ0) is 21.4. The van der Waals surface area contributed by atoms with Crippen molar-refractivity contribution in [3.05, 3.63) is 51.1 Å². The van der Waals surface area contributed by atoms with E-state index in [0.29, 0.717) is 6.04 Å². The second-order valence-corrected chi connectivity index (χ2v) is 9.37. The van der Waals surface area contributed by atoms with Gasteiger partial charge in [-0.2, -0.15) is 0 Å². The minimum atomic E-state index is -0.217. The number of H-pyrrole nitrogens is 1. The highest BCUT2D eigenvalue weighted by molar-refractivity contribution is 5.83. The lowest BCUT2D eigenvalue weighted by molar-refractivity contribution is 0.171. The van der Waals surface area contributed by atoms with E-state index in [0.717, 1.165) is 66.6 Å². The molecule has 1 saturated carbocycles. The van der Waals surface area contributed by atoms with Crippen molar-refractivity contribution < 1.29 is 0 Å². The first-order valence-corrected chi connectivity index (χ1v) is 11.8. The van der Waals surface area contributed by atoms with Crippen LogP contribution in [0.4, 0.5) is 0 Å². The first kappa shape index (κ1) is 20.4. The molecule has 7 heteroatoms. The Morgan fingerprint density at radius 2 is 1.74 bits per heavy atom. The molecule has 0 amide bonds. The van der Waals surface area contributed by atoms with Crippen LogP contribution in [0.5, 0.6) is 0 Å². The zero-order valence-corrected chi connectivity index (χ0v) is 18.6.